The molecule has 1 aromatic heterocycles. The monoisotopic (exact) mass is 227 g/mol. The van der Waals surface area contributed by atoms with Gasteiger partial charge in [0.1, 0.15) is 0 Å². The zero-order chi connectivity index (χ0) is 12.0. The molecule has 1 atom stereocenters. The highest BCUT2D eigenvalue weighted by Gasteiger charge is 2.08. The van der Waals surface area contributed by atoms with Crippen molar-refractivity contribution in [3.05, 3.63) is 11.9 Å². The minimum Gasteiger partial charge on any atom is -0.481 e. The number of carbonyl (C=O) groups is 1. The van der Waals surface area contributed by atoms with Crippen LogP contribution in [0.5, 0.6) is 0 Å². The number of hydrogen-bond acceptors (Lipinski definition) is 4. The topological polar surface area (TPSA) is 77.2 Å². The van der Waals surface area contributed by atoms with Crippen LogP contribution in [0.15, 0.2) is 6.20 Å². The number of aromatic nitrogens is 3. The Morgan fingerprint density at radius 2 is 2.44 bits per heavy atom. The molecule has 0 bridgehead atoms. The molecule has 0 aliphatic rings. The van der Waals surface area contributed by atoms with Crippen LogP contribution in [-0.4, -0.2) is 39.8 Å². The number of rotatable bonds is 7. The van der Waals surface area contributed by atoms with E-state index in [1.165, 1.54) is 0 Å². The summed E-state index contributed by atoms with van der Waals surface area (Å²) in [5.41, 5.74) is 0.715. The van der Waals surface area contributed by atoms with Gasteiger partial charge in [0.2, 0.25) is 0 Å². The predicted octanol–water partition coefficient (Wildman–Crippen LogP) is 0.893. The SMILES string of the molecule is COCCC(C)n1cc(CCC(=O)O)nn1. The Bertz CT molecular complexity index is 338. The third kappa shape index (κ3) is 3.98. The smallest absolute Gasteiger partial charge is 0.303 e. The predicted molar refractivity (Wildman–Crippen MR) is 57.2 cm³/mol. The van der Waals surface area contributed by atoms with E-state index >= 15 is 0 Å². The van der Waals surface area contributed by atoms with Crippen LogP contribution < -0.4 is 0 Å². The Morgan fingerprint density at radius 1 is 1.69 bits per heavy atom. The van der Waals surface area contributed by atoms with Crippen molar-refractivity contribution in [3.8, 4) is 0 Å². The largest absolute Gasteiger partial charge is 0.481 e. The third-order valence-electron chi connectivity index (χ3n) is 2.34. The molecule has 0 spiro atoms. The zero-order valence-electron chi connectivity index (χ0n) is 9.59. The molecule has 6 heteroatoms. The van der Waals surface area contributed by atoms with Crippen LogP contribution in [0, 0.1) is 0 Å². The number of methoxy groups -OCH3 is 1. The van der Waals surface area contributed by atoms with E-state index in [0.717, 1.165) is 6.42 Å². The van der Waals surface area contributed by atoms with Crippen LogP contribution in [0.2, 0.25) is 0 Å². The number of hydrogen-bond donors (Lipinski definition) is 1. The fourth-order valence-corrected chi connectivity index (χ4v) is 1.30. The Kier molecular flexibility index (Phi) is 4.91. The van der Waals surface area contributed by atoms with Gasteiger partial charge in [0, 0.05) is 26.3 Å². The Morgan fingerprint density at radius 3 is 3.06 bits per heavy atom. The van der Waals surface area contributed by atoms with E-state index in [0.29, 0.717) is 18.7 Å². The summed E-state index contributed by atoms with van der Waals surface area (Å²) in [6, 6.07) is 0.214. The molecule has 0 saturated carbocycles. The molecular formula is C10H17N3O3. The van der Waals surface area contributed by atoms with Gasteiger partial charge in [-0.2, -0.15) is 0 Å². The van der Waals surface area contributed by atoms with E-state index in [-0.39, 0.29) is 12.5 Å². The van der Waals surface area contributed by atoms with E-state index < -0.39 is 5.97 Å². The van der Waals surface area contributed by atoms with E-state index in [4.69, 9.17) is 9.84 Å². The first kappa shape index (κ1) is 12.6. The number of aryl methyl sites for hydroxylation is 1. The van der Waals surface area contributed by atoms with Gasteiger partial charge in [-0.3, -0.25) is 4.79 Å². The van der Waals surface area contributed by atoms with Crippen molar-refractivity contribution in [1.29, 1.82) is 0 Å². The fraction of sp³-hybridized carbons (Fsp3) is 0.700. The maximum atomic E-state index is 10.4. The van der Waals surface area contributed by atoms with Crippen molar-refractivity contribution in [2.24, 2.45) is 0 Å². The first-order valence-electron chi connectivity index (χ1n) is 5.25. The van der Waals surface area contributed by atoms with Gasteiger partial charge in [-0.15, -0.1) is 5.10 Å². The van der Waals surface area contributed by atoms with E-state index in [9.17, 15) is 4.79 Å². The second-order valence-electron chi connectivity index (χ2n) is 3.71. The van der Waals surface area contributed by atoms with Crippen molar-refractivity contribution in [1.82, 2.24) is 15.0 Å². The number of nitrogens with zero attached hydrogens (tertiary/aromatic N) is 3. The fourth-order valence-electron chi connectivity index (χ4n) is 1.30. The molecule has 0 aliphatic carbocycles. The Labute approximate surface area is 94.2 Å². The van der Waals surface area contributed by atoms with Crippen LogP contribution in [-0.2, 0) is 16.0 Å². The van der Waals surface area contributed by atoms with Crippen LogP contribution in [0.4, 0.5) is 0 Å². The average Bonchev–Trinajstić information content (AvgIpc) is 2.71. The first-order valence-corrected chi connectivity index (χ1v) is 5.25. The molecule has 0 fully saturated rings. The third-order valence-corrected chi connectivity index (χ3v) is 2.34. The minimum atomic E-state index is -0.818. The Hall–Kier alpha value is -1.43. The maximum Gasteiger partial charge on any atom is 0.303 e. The van der Waals surface area contributed by atoms with Gasteiger partial charge in [-0.25, -0.2) is 4.68 Å². The number of carboxylic acid groups (broad SMARTS) is 1. The molecule has 1 aromatic rings. The van der Waals surface area contributed by atoms with Gasteiger partial charge in [0.15, 0.2) is 0 Å². The van der Waals surface area contributed by atoms with E-state index in [2.05, 4.69) is 10.3 Å². The summed E-state index contributed by atoms with van der Waals surface area (Å²) < 4.78 is 6.73. The molecule has 0 aliphatic heterocycles. The second kappa shape index (κ2) is 6.22. The van der Waals surface area contributed by atoms with E-state index in [1.54, 1.807) is 18.0 Å². The van der Waals surface area contributed by atoms with Crippen LogP contribution in [0.3, 0.4) is 0 Å². The van der Waals surface area contributed by atoms with Crippen LogP contribution >= 0.6 is 0 Å². The average molecular weight is 227 g/mol. The summed E-state index contributed by atoms with van der Waals surface area (Å²) in [7, 11) is 1.66. The van der Waals surface area contributed by atoms with Crippen molar-refractivity contribution in [3.63, 3.8) is 0 Å². The molecule has 6 nitrogen and oxygen atoms in total. The summed E-state index contributed by atoms with van der Waals surface area (Å²) in [6.07, 6.45) is 3.17. The summed E-state index contributed by atoms with van der Waals surface area (Å²) in [5, 5.41) is 16.4. The van der Waals surface area contributed by atoms with Crippen molar-refractivity contribution in [2.45, 2.75) is 32.2 Å². The normalized spacial score (nSPS) is 12.6. The summed E-state index contributed by atoms with van der Waals surface area (Å²) >= 11 is 0. The number of carboxylic acids is 1. The van der Waals surface area contributed by atoms with Crippen LogP contribution in [0.25, 0.3) is 0 Å². The van der Waals surface area contributed by atoms with Gasteiger partial charge in [-0.05, 0) is 13.3 Å². The highest BCUT2D eigenvalue weighted by atomic mass is 16.5. The lowest BCUT2D eigenvalue weighted by Crippen LogP contribution is -2.08. The quantitative estimate of drug-likeness (QED) is 0.748. The molecule has 1 N–H and O–H groups in total. The lowest BCUT2D eigenvalue weighted by molar-refractivity contribution is -0.136. The van der Waals surface area contributed by atoms with Crippen LogP contribution in [0.1, 0.15) is 31.5 Å². The molecular weight excluding hydrogens is 210 g/mol. The molecule has 1 unspecified atom stereocenters. The lowest BCUT2D eigenvalue weighted by Gasteiger charge is -2.09. The first-order chi connectivity index (χ1) is 7.63. The molecule has 1 rings (SSSR count). The summed E-state index contributed by atoms with van der Waals surface area (Å²) in [4.78, 5) is 10.4. The molecule has 0 aromatic carbocycles. The van der Waals surface area contributed by atoms with E-state index in [1.807, 2.05) is 6.92 Å². The molecule has 0 saturated heterocycles. The molecule has 90 valence electrons. The standard InChI is InChI=1S/C10H17N3O3/c1-8(5-6-16-2)13-7-9(11-12-13)3-4-10(14)15/h7-8H,3-6H2,1-2H3,(H,14,15). The number of ether oxygens (including phenoxy) is 1. The summed E-state index contributed by atoms with van der Waals surface area (Å²) in [6.45, 7) is 2.69. The second-order valence-corrected chi connectivity index (χ2v) is 3.71. The minimum absolute atomic E-state index is 0.0884. The molecule has 16 heavy (non-hydrogen) atoms. The highest BCUT2D eigenvalue weighted by molar-refractivity contribution is 5.66. The molecule has 0 amide bonds. The molecule has 0 radical (unpaired) electrons. The zero-order valence-corrected chi connectivity index (χ0v) is 9.59. The lowest BCUT2D eigenvalue weighted by atomic mass is 10.2. The van der Waals surface area contributed by atoms with Gasteiger partial charge in [-0.1, -0.05) is 5.21 Å². The highest BCUT2D eigenvalue weighted by Crippen LogP contribution is 2.09. The van der Waals surface area contributed by atoms with Crippen molar-refractivity contribution < 1.29 is 14.6 Å². The summed E-state index contributed by atoms with van der Waals surface area (Å²) in [5.74, 6) is -0.818. The van der Waals surface area contributed by atoms with Gasteiger partial charge in [0.25, 0.3) is 0 Å². The van der Waals surface area contributed by atoms with Crippen molar-refractivity contribution in [2.75, 3.05) is 13.7 Å². The van der Waals surface area contributed by atoms with Gasteiger partial charge >= 0.3 is 5.97 Å². The maximum absolute atomic E-state index is 10.4. The van der Waals surface area contributed by atoms with Gasteiger partial charge in [0.05, 0.1) is 18.2 Å². The number of aliphatic carboxylic acids is 1. The molecule has 1 heterocycles. The van der Waals surface area contributed by atoms with Crippen molar-refractivity contribution >= 4 is 5.97 Å². The Balaban J connectivity index is 2.46. The van der Waals surface area contributed by atoms with Gasteiger partial charge < -0.3 is 9.84 Å².